The highest BCUT2D eigenvalue weighted by atomic mass is 19.1. The minimum absolute atomic E-state index is 0.108. The zero-order valence-corrected chi connectivity index (χ0v) is 12.0. The van der Waals surface area contributed by atoms with Gasteiger partial charge in [0.1, 0.15) is 5.82 Å². The van der Waals surface area contributed by atoms with Gasteiger partial charge >= 0.3 is 0 Å². The van der Waals surface area contributed by atoms with Gasteiger partial charge in [0, 0.05) is 11.6 Å². The van der Waals surface area contributed by atoms with Gasteiger partial charge in [-0.15, -0.1) is 10.2 Å². The quantitative estimate of drug-likeness (QED) is 0.785. The zero-order valence-electron chi connectivity index (χ0n) is 12.0. The minimum Gasteiger partial charge on any atom is -0.302 e. The van der Waals surface area contributed by atoms with E-state index in [2.05, 4.69) is 46.4 Å². The Morgan fingerprint density at radius 2 is 2.05 bits per heavy atom. The zero-order chi connectivity index (χ0) is 15.0. The van der Waals surface area contributed by atoms with E-state index in [4.69, 9.17) is 0 Å². The Hall–Kier alpha value is -2.57. The molecule has 0 aliphatic carbocycles. The van der Waals surface area contributed by atoms with E-state index in [0.29, 0.717) is 17.1 Å². The topological polar surface area (TPSA) is 72.3 Å². The van der Waals surface area contributed by atoms with Gasteiger partial charge in [0.2, 0.25) is 5.82 Å². The normalized spacial score (nSPS) is 11.8. The second kappa shape index (κ2) is 4.76. The largest absolute Gasteiger partial charge is 0.302 e. The van der Waals surface area contributed by atoms with Gasteiger partial charge in [-0.3, -0.25) is 0 Å². The predicted molar refractivity (Wildman–Crippen MR) is 75.4 cm³/mol. The molecule has 1 aromatic carbocycles. The second-order valence-corrected chi connectivity index (χ2v) is 5.79. The molecule has 0 saturated heterocycles. The number of nitrogens with zero attached hydrogens (tertiary/aromatic N) is 5. The highest BCUT2D eigenvalue weighted by Gasteiger charge is 2.20. The van der Waals surface area contributed by atoms with Crippen LogP contribution in [-0.4, -0.2) is 30.2 Å². The van der Waals surface area contributed by atoms with Crippen LogP contribution in [-0.2, 0) is 5.41 Å². The van der Waals surface area contributed by atoms with Crippen molar-refractivity contribution in [2.45, 2.75) is 26.2 Å². The average molecular weight is 286 g/mol. The molecule has 0 aliphatic rings. The molecule has 0 saturated carbocycles. The van der Waals surface area contributed by atoms with Crippen molar-refractivity contribution in [3.63, 3.8) is 0 Å². The lowest BCUT2D eigenvalue weighted by Gasteiger charge is -2.14. The van der Waals surface area contributed by atoms with Gasteiger partial charge < -0.3 is 4.57 Å². The Labute approximate surface area is 121 Å². The first-order valence-corrected chi connectivity index (χ1v) is 6.54. The van der Waals surface area contributed by atoms with E-state index in [1.807, 2.05) is 6.20 Å². The molecular weight excluding hydrogens is 271 g/mol. The minimum atomic E-state index is -0.366. The lowest BCUT2D eigenvalue weighted by molar-refractivity contribution is 0.571. The molecule has 108 valence electrons. The third-order valence-electron chi connectivity index (χ3n) is 3.18. The standard InChI is InChI=1S/C14H15FN6/c1-14(2,3)11-7-21(8-16-11)12-9(5-4-6-10(12)15)13-17-19-20-18-13/h4-8H,1-3H3,(H,17,18,19,20). The van der Waals surface area contributed by atoms with Crippen molar-refractivity contribution >= 4 is 0 Å². The summed E-state index contributed by atoms with van der Waals surface area (Å²) in [5.41, 5.74) is 1.69. The molecule has 2 aromatic heterocycles. The maximum atomic E-state index is 14.3. The number of H-pyrrole nitrogens is 1. The summed E-state index contributed by atoms with van der Waals surface area (Å²) in [4.78, 5) is 4.36. The number of rotatable bonds is 2. The van der Waals surface area contributed by atoms with Crippen LogP contribution in [0.3, 0.4) is 0 Å². The van der Waals surface area contributed by atoms with Crippen LogP contribution >= 0.6 is 0 Å². The Kier molecular flexibility index (Phi) is 3.04. The van der Waals surface area contributed by atoms with Crippen LogP contribution in [0.15, 0.2) is 30.7 Å². The molecule has 0 radical (unpaired) electrons. The van der Waals surface area contributed by atoms with Crippen molar-refractivity contribution in [2.75, 3.05) is 0 Å². The van der Waals surface area contributed by atoms with Gasteiger partial charge in [-0.25, -0.2) is 9.37 Å². The first-order chi connectivity index (χ1) is 9.97. The first-order valence-electron chi connectivity index (χ1n) is 6.54. The van der Waals surface area contributed by atoms with Crippen molar-refractivity contribution in [3.05, 3.63) is 42.2 Å². The highest BCUT2D eigenvalue weighted by molar-refractivity contribution is 5.67. The third-order valence-corrected chi connectivity index (χ3v) is 3.18. The lowest BCUT2D eigenvalue weighted by Crippen LogP contribution is -2.11. The smallest absolute Gasteiger partial charge is 0.206 e. The molecule has 0 unspecified atom stereocenters. The lowest BCUT2D eigenvalue weighted by atomic mass is 9.93. The fourth-order valence-corrected chi connectivity index (χ4v) is 2.07. The average Bonchev–Trinajstić information content (AvgIpc) is 3.09. The summed E-state index contributed by atoms with van der Waals surface area (Å²) in [5, 5.41) is 13.7. The van der Waals surface area contributed by atoms with E-state index in [1.54, 1.807) is 23.0 Å². The number of halogens is 1. The number of benzene rings is 1. The highest BCUT2D eigenvalue weighted by Crippen LogP contribution is 2.28. The summed E-state index contributed by atoms with van der Waals surface area (Å²) in [6.45, 7) is 6.17. The van der Waals surface area contributed by atoms with Crippen LogP contribution in [0.25, 0.3) is 17.1 Å². The molecule has 7 heteroatoms. The molecule has 21 heavy (non-hydrogen) atoms. The molecule has 0 amide bonds. The number of imidazole rings is 1. The van der Waals surface area contributed by atoms with Crippen molar-refractivity contribution in [3.8, 4) is 17.1 Å². The van der Waals surface area contributed by atoms with E-state index < -0.39 is 0 Å². The van der Waals surface area contributed by atoms with Gasteiger partial charge in [-0.1, -0.05) is 26.8 Å². The van der Waals surface area contributed by atoms with Crippen molar-refractivity contribution in [1.29, 1.82) is 0 Å². The summed E-state index contributed by atoms with van der Waals surface area (Å²) in [5.74, 6) is -0.0225. The van der Waals surface area contributed by atoms with Gasteiger partial charge in [-0.05, 0) is 17.3 Å². The Morgan fingerprint density at radius 1 is 1.24 bits per heavy atom. The second-order valence-electron chi connectivity index (χ2n) is 5.79. The molecule has 3 rings (SSSR count). The van der Waals surface area contributed by atoms with Crippen LogP contribution in [0, 0.1) is 5.82 Å². The SMILES string of the molecule is CC(C)(C)c1cn(-c2c(F)cccc2-c2nn[nH]n2)cn1. The summed E-state index contributed by atoms with van der Waals surface area (Å²) in [6.07, 6.45) is 3.42. The van der Waals surface area contributed by atoms with E-state index in [0.717, 1.165) is 5.69 Å². The van der Waals surface area contributed by atoms with Gasteiger partial charge in [0.15, 0.2) is 0 Å². The van der Waals surface area contributed by atoms with Crippen molar-refractivity contribution in [2.24, 2.45) is 0 Å². The molecule has 0 spiro atoms. The van der Waals surface area contributed by atoms with E-state index >= 15 is 0 Å². The van der Waals surface area contributed by atoms with Crippen LogP contribution in [0.5, 0.6) is 0 Å². The number of hydrogen-bond donors (Lipinski definition) is 1. The molecule has 2 heterocycles. The Morgan fingerprint density at radius 3 is 2.67 bits per heavy atom. The molecule has 0 fully saturated rings. The molecule has 0 atom stereocenters. The summed E-state index contributed by atoms with van der Waals surface area (Å²) in [7, 11) is 0. The molecular formula is C14H15FN6. The Bertz CT molecular complexity index is 754. The maximum Gasteiger partial charge on any atom is 0.206 e. The molecule has 3 aromatic rings. The van der Waals surface area contributed by atoms with Crippen molar-refractivity contribution < 1.29 is 4.39 Å². The van der Waals surface area contributed by atoms with Crippen LogP contribution in [0.2, 0.25) is 0 Å². The first kappa shape index (κ1) is 13.4. The molecule has 1 N–H and O–H groups in total. The van der Waals surface area contributed by atoms with E-state index in [1.165, 1.54) is 6.07 Å². The van der Waals surface area contributed by atoms with Crippen LogP contribution in [0.4, 0.5) is 4.39 Å². The fourth-order valence-electron chi connectivity index (χ4n) is 2.07. The van der Waals surface area contributed by atoms with Crippen LogP contribution < -0.4 is 0 Å². The number of aromatic nitrogens is 6. The van der Waals surface area contributed by atoms with E-state index in [-0.39, 0.29) is 11.2 Å². The van der Waals surface area contributed by atoms with Gasteiger partial charge in [0.05, 0.1) is 23.3 Å². The Balaban J connectivity index is 2.16. The van der Waals surface area contributed by atoms with Gasteiger partial charge in [0.25, 0.3) is 0 Å². The fraction of sp³-hybridized carbons (Fsp3) is 0.286. The maximum absolute atomic E-state index is 14.3. The predicted octanol–water partition coefficient (Wildman–Crippen LogP) is 2.49. The molecule has 0 bridgehead atoms. The summed E-state index contributed by atoms with van der Waals surface area (Å²) in [6, 6.07) is 4.77. The van der Waals surface area contributed by atoms with E-state index in [9.17, 15) is 4.39 Å². The number of aromatic amines is 1. The monoisotopic (exact) mass is 286 g/mol. The number of tetrazole rings is 1. The number of hydrogen-bond acceptors (Lipinski definition) is 4. The van der Waals surface area contributed by atoms with Gasteiger partial charge in [-0.2, -0.15) is 5.21 Å². The molecule has 6 nitrogen and oxygen atoms in total. The third kappa shape index (κ3) is 2.42. The summed E-state index contributed by atoms with van der Waals surface area (Å²) >= 11 is 0. The van der Waals surface area contributed by atoms with Crippen LogP contribution in [0.1, 0.15) is 26.5 Å². The van der Waals surface area contributed by atoms with Crippen molar-refractivity contribution in [1.82, 2.24) is 30.2 Å². The molecule has 0 aliphatic heterocycles. The number of para-hydroxylation sites is 1. The summed E-state index contributed by atoms with van der Waals surface area (Å²) < 4.78 is 16.0. The number of nitrogens with one attached hydrogen (secondary N) is 1.